The number of allylic oxidation sites excluding steroid dienone is 2. The zero-order valence-electron chi connectivity index (χ0n) is 18.1. The first-order chi connectivity index (χ1) is 13.6. The first-order valence-electron chi connectivity index (χ1n) is 10.7. The van der Waals surface area contributed by atoms with Gasteiger partial charge >= 0.3 is 0 Å². The molecule has 1 heterocycles. The number of aryl methyl sites for hydroxylation is 1. The summed E-state index contributed by atoms with van der Waals surface area (Å²) in [5, 5.41) is 10.8. The monoisotopic (exact) mass is 421 g/mol. The Morgan fingerprint density at radius 2 is 1.93 bits per heavy atom. The Bertz CT molecular complexity index is 873. The fourth-order valence-electron chi connectivity index (χ4n) is 4.83. The predicted octanol–water partition coefficient (Wildman–Crippen LogP) is 4.66. The van der Waals surface area contributed by atoms with E-state index in [0.29, 0.717) is 24.1 Å². The van der Waals surface area contributed by atoms with Gasteiger partial charge in [0, 0.05) is 23.9 Å². The summed E-state index contributed by atoms with van der Waals surface area (Å²) in [7, 11) is -3.09. The summed E-state index contributed by atoms with van der Waals surface area (Å²) < 4.78 is 31.0. The lowest BCUT2D eigenvalue weighted by Crippen LogP contribution is -2.45. The van der Waals surface area contributed by atoms with Gasteiger partial charge in [0.25, 0.3) is 0 Å². The van der Waals surface area contributed by atoms with Crippen LogP contribution in [0.25, 0.3) is 0 Å². The standard InChI is InChI=1S/C23H35NO4S/c1-16-10-11-19-18(13-16)22-20(25)14-17(15-21(22)28-23(19,2)3)9-7-5-6-8-12-24-29(4,26)27/h10,14-15,18-19,24-25H,5-9,11-13H2,1-4H3. The number of fused-ring (bicyclic) bond motifs is 3. The second kappa shape index (κ2) is 8.68. The molecule has 5 nitrogen and oxygen atoms in total. The molecule has 0 spiro atoms. The van der Waals surface area contributed by atoms with Gasteiger partial charge in [-0.25, -0.2) is 13.1 Å². The molecule has 2 N–H and O–H groups in total. The van der Waals surface area contributed by atoms with Crippen LogP contribution in [0.15, 0.2) is 23.8 Å². The topological polar surface area (TPSA) is 75.6 Å². The van der Waals surface area contributed by atoms with E-state index in [1.165, 1.54) is 11.8 Å². The molecule has 0 saturated carbocycles. The minimum absolute atomic E-state index is 0.244. The van der Waals surface area contributed by atoms with Gasteiger partial charge in [0.1, 0.15) is 17.1 Å². The van der Waals surface area contributed by atoms with Crippen molar-refractivity contribution in [1.82, 2.24) is 4.72 Å². The number of rotatable bonds is 8. The molecule has 6 heteroatoms. The number of benzene rings is 1. The van der Waals surface area contributed by atoms with E-state index in [9.17, 15) is 13.5 Å². The average molecular weight is 422 g/mol. The molecule has 1 aromatic rings. The van der Waals surface area contributed by atoms with Crippen molar-refractivity contribution in [1.29, 1.82) is 0 Å². The van der Waals surface area contributed by atoms with E-state index in [1.54, 1.807) is 0 Å². The summed E-state index contributed by atoms with van der Waals surface area (Å²) in [4.78, 5) is 0. The van der Waals surface area contributed by atoms with Crippen molar-refractivity contribution in [3.63, 3.8) is 0 Å². The second-order valence-electron chi connectivity index (χ2n) is 9.27. The third-order valence-corrected chi connectivity index (χ3v) is 7.05. The molecule has 2 unspecified atom stereocenters. The molecule has 3 rings (SSSR count). The van der Waals surface area contributed by atoms with Crippen LogP contribution < -0.4 is 9.46 Å². The Hall–Kier alpha value is -1.53. The van der Waals surface area contributed by atoms with Gasteiger partial charge in [0.05, 0.1) is 6.26 Å². The van der Waals surface area contributed by atoms with Crippen LogP contribution in [0, 0.1) is 5.92 Å². The first-order valence-corrected chi connectivity index (χ1v) is 12.6. The molecule has 2 aliphatic rings. The largest absolute Gasteiger partial charge is 0.508 e. The van der Waals surface area contributed by atoms with Gasteiger partial charge in [-0.2, -0.15) is 0 Å². The van der Waals surface area contributed by atoms with E-state index in [4.69, 9.17) is 4.74 Å². The molecule has 0 amide bonds. The van der Waals surface area contributed by atoms with Gasteiger partial charge in [-0.15, -0.1) is 0 Å². The number of unbranched alkanes of at least 4 members (excludes halogenated alkanes) is 3. The van der Waals surface area contributed by atoms with Crippen LogP contribution >= 0.6 is 0 Å². The van der Waals surface area contributed by atoms with E-state index in [1.807, 2.05) is 6.07 Å². The molecule has 0 saturated heterocycles. The van der Waals surface area contributed by atoms with Gasteiger partial charge in [-0.3, -0.25) is 0 Å². The van der Waals surface area contributed by atoms with E-state index in [2.05, 4.69) is 37.6 Å². The number of sulfonamides is 1. The molecule has 1 aliphatic heterocycles. The van der Waals surface area contributed by atoms with Crippen molar-refractivity contribution >= 4 is 10.0 Å². The molecule has 162 valence electrons. The molecule has 0 fully saturated rings. The van der Waals surface area contributed by atoms with Crippen molar-refractivity contribution in [2.75, 3.05) is 12.8 Å². The number of phenols is 1. The normalized spacial score (nSPS) is 23.0. The van der Waals surface area contributed by atoms with Crippen LogP contribution in [0.1, 0.15) is 76.3 Å². The lowest BCUT2D eigenvalue weighted by Gasteiger charge is -2.47. The maximum atomic E-state index is 11.1. The lowest BCUT2D eigenvalue weighted by atomic mass is 9.67. The van der Waals surface area contributed by atoms with E-state index < -0.39 is 10.0 Å². The average Bonchev–Trinajstić information content (AvgIpc) is 2.58. The second-order valence-corrected chi connectivity index (χ2v) is 11.1. The Labute approximate surface area is 175 Å². The minimum Gasteiger partial charge on any atom is -0.508 e. The fourth-order valence-corrected chi connectivity index (χ4v) is 5.34. The maximum absolute atomic E-state index is 11.1. The van der Waals surface area contributed by atoms with Crippen molar-refractivity contribution in [2.45, 2.75) is 77.2 Å². The zero-order chi connectivity index (χ0) is 21.2. The molecular formula is C23H35NO4S. The molecule has 2 atom stereocenters. The van der Waals surface area contributed by atoms with Crippen LogP contribution in [0.5, 0.6) is 11.5 Å². The predicted molar refractivity (Wildman–Crippen MR) is 117 cm³/mol. The Morgan fingerprint density at radius 3 is 2.66 bits per heavy atom. The van der Waals surface area contributed by atoms with Crippen molar-refractivity contribution in [2.24, 2.45) is 5.92 Å². The first kappa shape index (κ1) is 22.2. The molecular weight excluding hydrogens is 386 g/mol. The smallest absolute Gasteiger partial charge is 0.208 e. The third-order valence-electron chi connectivity index (χ3n) is 6.32. The maximum Gasteiger partial charge on any atom is 0.208 e. The highest BCUT2D eigenvalue weighted by Crippen LogP contribution is 2.54. The Morgan fingerprint density at radius 1 is 1.21 bits per heavy atom. The summed E-state index contributed by atoms with van der Waals surface area (Å²) in [5.74, 6) is 1.92. The highest BCUT2D eigenvalue weighted by atomic mass is 32.2. The summed E-state index contributed by atoms with van der Waals surface area (Å²) in [6.07, 6.45) is 10.2. The van der Waals surface area contributed by atoms with E-state index >= 15 is 0 Å². The van der Waals surface area contributed by atoms with Crippen LogP contribution in [0.3, 0.4) is 0 Å². The quantitative estimate of drug-likeness (QED) is 0.473. The van der Waals surface area contributed by atoms with Crippen LogP contribution in [0.4, 0.5) is 0 Å². The van der Waals surface area contributed by atoms with Crippen LogP contribution in [-0.4, -0.2) is 31.9 Å². The summed E-state index contributed by atoms with van der Waals surface area (Å²) in [6.45, 7) is 7.00. The van der Waals surface area contributed by atoms with Crippen molar-refractivity contribution in [3.05, 3.63) is 34.9 Å². The van der Waals surface area contributed by atoms with Gasteiger partial charge in [0.2, 0.25) is 10.0 Å². The van der Waals surface area contributed by atoms with Gasteiger partial charge in [0.15, 0.2) is 0 Å². The summed E-state index contributed by atoms with van der Waals surface area (Å²) in [6, 6.07) is 4.03. The summed E-state index contributed by atoms with van der Waals surface area (Å²) >= 11 is 0. The fraction of sp³-hybridized carbons (Fsp3) is 0.652. The number of ether oxygens (including phenoxy) is 1. The molecule has 1 aromatic carbocycles. The van der Waals surface area contributed by atoms with Gasteiger partial charge in [-0.1, -0.05) is 24.5 Å². The van der Waals surface area contributed by atoms with Crippen LogP contribution in [0.2, 0.25) is 0 Å². The Kier molecular flexibility index (Phi) is 6.64. The minimum atomic E-state index is -3.09. The number of nitrogens with one attached hydrogen (secondary N) is 1. The molecule has 0 aromatic heterocycles. The molecule has 0 bridgehead atoms. The van der Waals surface area contributed by atoms with Gasteiger partial charge in [-0.05, 0) is 70.6 Å². The van der Waals surface area contributed by atoms with E-state index in [0.717, 1.165) is 61.8 Å². The highest BCUT2D eigenvalue weighted by molar-refractivity contribution is 7.88. The number of hydrogen-bond acceptors (Lipinski definition) is 4. The Balaban J connectivity index is 1.61. The number of hydrogen-bond donors (Lipinski definition) is 2. The number of phenolic OH excluding ortho intramolecular Hbond substituents is 1. The van der Waals surface area contributed by atoms with E-state index in [-0.39, 0.29) is 5.60 Å². The zero-order valence-corrected chi connectivity index (χ0v) is 18.9. The molecule has 0 radical (unpaired) electrons. The van der Waals surface area contributed by atoms with Crippen molar-refractivity contribution in [3.8, 4) is 11.5 Å². The highest BCUT2D eigenvalue weighted by Gasteiger charge is 2.45. The van der Waals surface area contributed by atoms with Crippen molar-refractivity contribution < 1.29 is 18.3 Å². The van der Waals surface area contributed by atoms with Crippen LogP contribution in [-0.2, 0) is 16.4 Å². The SMILES string of the molecule is CC1=CCC2C(C1)c1c(O)cc(CCCCCCNS(C)(=O)=O)cc1OC2(C)C. The molecule has 1 aliphatic carbocycles. The molecule has 29 heavy (non-hydrogen) atoms. The summed E-state index contributed by atoms with van der Waals surface area (Å²) in [5.41, 5.74) is 3.24. The van der Waals surface area contributed by atoms with Gasteiger partial charge < -0.3 is 9.84 Å². The lowest BCUT2D eigenvalue weighted by molar-refractivity contribution is 0.00752. The number of aromatic hydroxyl groups is 1. The third kappa shape index (κ3) is 5.54.